The molecule has 3 nitrogen and oxygen atoms in total. The Labute approximate surface area is 117 Å². The van der Waals surface area contributed by atoms with Crippen LogP contribution in [0, 0.1) is 5.92 Å². The highest BCUT2D eigenvalue weighted by Gasteiger charge is 2.22. The largest absolute Gasteiger partial charge is 0.388 e. The summed E-state index contributed by atoms with van der Waals surface area (Å²) in [5.74, 6) is 0.785. The summed E-state index contributed by atoms with van der Waals surface area (Å²) in [6.45, 7) is 6.20. The second-order valence-electron chi connectivity index (χ2n) is 5.09. The van der Waals surface area contributed by atoms with E-state index in [-0.39, 0.29) is 5.91 Å². The Morgan fingerprint density at radius 1 is 1.61 bits per heavy atom. The fourth-order valence-corrected chi connectivity index (χ4v) is 3.39. The van der Waals surface area contributed by atoms with Gasteiger partial charge < -0.3 is 10.4 Å². The molecule has 0 aliphatic rings. The van der Waals surface area contributed by atoms with Crippen LogP contribution in [0.4, 0.5) is 0 Å². The van der Waals surface area contributed by atoms with Crippen LogP contribution in [-0.2, 0) is 4.79 Å². The van der Waals surface area contributed by atoms with E-state index in [1.54, 1.807) is 18.3 Å². The molecule has 0 radical (unpaired) electrons. The lowest BCUT2D eigenvalue weighted by atomic mass is 9.94. The van der Waals surface area contributed by atoms with Crippen LogP contribution in [0.5, 0.6) is 0 Å². The van der Waals surface area contributed by atoms with Crippen LogP contribution in [0.25, 0.3) is 0 Å². The molecule has 0 aliphatic carbocycles. The number of thiophene rings is 1. The molecular weight excluding hydrogens is 266 g/mol. The first-order valence-electron chi connectivity index (χ1n) is 6.04. The van der Waals surface area contributed by atoms with Gasteiger partial charge in [-0.05, 0) is 30.7 Å². The van der Waals surface area contributed by atoms with Crippen LogP contribution in [0.3, 0.4) is 0 Å². The summed E-state index contributed by atoms with van der Waals surface area (Å²) in [5.41, 5.74) is -0.822. The molecule has 1 unspecified atom stereocenters. The molecular formula is C13H21NO2S2. The minimum atomic E-state index is -0.822. The highest BCUT2D eigenvalue weighted by Crippen LogP contribution is 2.23. The zero-order valence-corrected chi connectivity index (χ0v) is 12.7. The van der Waals surface area contributed by atoms with Gasteiger partial charge in [-0.1, -0.05) is 19.9 Å². The number of carbonyl (C=O) groups excluding carboxylic acids is 1. The summed E-state index contributed by atoms with van der Waals surface area (Å²) < 4.78 is 1.14. The van der Waals surface area contributed by atoms with Crippen molar-refractivity contribution in [2.75, 3.05) is 12.3 Å². The zero-order valence-electron chi connectivity index (χ0n) is 11.1. The molecule has 1 atom stereocenters. The highest BCUT2D eigenvalue weighted by atomic mass is 32.2. The first-order chi connectivity index (χ1) is 8.39. The van der Waals surface area contributed by atoms with Gasteiger partial charge in [0.05, 0.1) is 15.6 Å². The van der Waals surface area contributed by atoms with E-state index in [1.165, 1.54) is 11.8 Å². The van der Waals surface area contributed by atoms with Gasteiger partial charge >= 0.3 is 0 Å². The van der Waals surface area contributed by atoms with Crippen molar-refractivity contribution in [1.29, 1.82) is 0 Å². The molecule has 0 saturated carbocycles. The third-order valence-electron chi connectivity index (χ3n) is 2.35. The van der Waals surface area contributed by atoms with Crippen molar-refractivity contribution in [2.45, 2.75) is 37.0 Å². The highest BCUT2D eigenvalue weighted by molar-refractivity contribution is 8.01. The van der Waals surface area contributed by atoms with E-state index >= 15 is 0 Å². The number of thioether (sulfide) groups is 1. The van der Waals surface area contributed by atoms with Crippen molar-refractivity contribution in [1.82, 2.24) is 5.32 Å². The molecule has 0 spiro atoms. The van der Waals surface area contributed by atoms with Gasteiger partial charge in [-0.25, -0.2) is 0 Å². The maximum atomic E-state index is 11.6. The van der Waals surface area contributed by atoms with E-state index in [0.29, 0.717) is 24.6 Å². The maximum Gasteiger partial charge on any atom is 0.230 e. The second-order valence-corrected chi connectivity index (χ2v) is 7.32. The predicted octanol–water partition coefficient (Wildman–Crippen LogP) is 2.75. The number of hydrogen-bond acceptors (Lipinski definition) is 4. The van der Waals surface area contributed by atoms with Crippen molar-refractivity contribution < 1.29 is 9.90 Å². The smallest absolute Gasteiger partial charge is 0.230 e. The number of carbonyl (C=O) groups is 1. The quantitative estimate of drug-likeness (QED) is 0.758. The van der Waals surface area contributed by atoms with Crippen LogP contribution in [-0.4, -0.2) is 28.9 Å². The monoisotopic (exact) mass is 287 g/mol. The van der Waals surface area contributed by atoms with Crippen LogP contribution in [0.1, 0.15) is 27.2 Å². The molecule has 1 heterocycles. The number of rotatable bonds is 7. The van der Waals surface area contributed by atoms with E-state index in [9.17, 15) is 9.90 Å². The van der Waals surface area contributed by atoms with Crippen molar-refractivity contribution in [3.8, 4) is 0 Å². The Hall–Kier alpha value is -0.520. The predicted molar refractivity (Wildman–Crippen MR) is 78.1 cm³/mol. The van der Waals surface area contributed by atoms with Gasteiger partial charge in [0.2, 0.25) is 5.91 Å². The summed E-state index contributed by atoms with van der Waals surface area (Å²) >= 11 is 3.16. The van der Waals surface area contributed by atoms with Crippen molar-refractivity contribution in [2.24, 2.45) is 5.92 Å². The van der Waals surface area contributed by atoms with Gasteiger partial charge in [0.15, 0.2) is 0 Å². The Bertz CT molecular complexity index is 361. The van der Waals surface area contributed by atoms with Gasteiger partial charge in [-0.3, -0.25) is 4.79 Å². The summed E-state index contributed by atoms with van der Waals surface area (Å²) in [6, 6.07) is 3.97. The second kappa shape index (κ2) is 7.16. The third kappa shape index (κ3) is 6.42. The average Bonchev–Trinajstić information content (AvgIpc) is 2.74. The average molecular weight is 287 g/mol. The minimum absolute atomic E-state index is 0.0302. The molecule has 5 heteroatoms. The van der Waals surface area contributed by atoms with Gasteiger partial charge in [-0.2, -0.15) is 0 Å². The molecule has 18 heavy (non-hydrogen) atoms. The van der Waals surface area contributed by atoms with E-state index < -0.39 is 5.60 Å². The Morgan fingerprint density at radius 3 is 2.89 bits per heavy atom. The number of nitrogens with one attached hydrogen (secondary N) is 1. The van der Waals surface area contributed by atoms with Crippen LogP contribution in [0.2, 0.25) is 0 Å². The van der Waals surface area contributed by atoms with E-state index in [4.69, 9.17) is 0 Å². The maximum absolute atomic E-state index is 11.6. The Balaban J connectivity index is 2.24. The molecule has 0 bridgehead atoms. The molecule has 102 valence electrons. The molecule has 1 rings (SSSR count). The lowest BCUT2D eigenvalue weighted by Gasteiger charge is -2.25. The zero-order chi connectivity index (χ0) is 13.6. The normalized spacial score (nSPS) is 14.5. The summed E-state index contributed by atoms with van der Waals surface area (Å²) in [4.78, 5) is 11.6. The molecule has 0 aliphatic heterocycles. The molecule has 2 N–H and O–H groups in total. The Kier molecular flexibility index (Phi) is 6.18. The third-order valence-corrected chi connectivity index (χ3v) is 4.49. The van der Waals surface area contributed by atoms with Gasteiger partial charge in [0.25, 0.3) is 0 Å². The molecule has 0 aromatic carbocycles. The molecule has 1 aromatic rings. The number of hydrogen-bond donors (Lipinski definition) is 2. The molecule has 0 fully saturated rings. The van der Waals surface area contributed by atoms with Crippen molar-refractivity contribution in [3.05, 3.63) is 17.5 Å². The lowest BCUT2D eigenvalue weighted by molar-refractivity contribution is -0.119. The molecule has 1 amide bonds. The van der Waals surface area contributed by atoms with E-state index in [0.717, 1.165) is 4.21 Å². The fourth-order valence-electron chi connectivity index (χ4n) is 1.77. The lowest BCUT2D eigenvalue weighted by Crippen LogP contribution is -2.42. The fraction of sp³-hybridized carbons (Fsp3) is 0.615. The first-order valence-corrected chi connectivity index (χ1v) is 7.91. The summed E-state index contributed by atoms with van der Waals surface area (Å²) in [7, 11) is 0. The van der Waals surface area contributed by atoms with Crippen LogP contribution in [0.15, 0.2) is 21.7 Å². The van der Waals surface area contributed by atoms with Crippen LogP contribution < -0.4 is 5.32 Å². The van der Waals surface area contributed by atoms with Gasteiger partial charge in [0, 0.05) is 6.54 Å². The number of amides is 1. The minimum Gasteiger partial charge on any atom is -0.388 e. The number of aliphatic hydroxyl groups is 1. The van der Waals surface area contributed by atoms with Crippen LogP contribution >= 0.6 is 23.1 Å². The summed E-state index contributed by atoms with van der Waals surface area (Å²) in [6.07, 6.45) is 0.686. The Morgan fingerprint density at radius 2 is 2.33 bits per heavy atom. The first kappa shape index (κ1) is 15.5. The van der Waals surface area contributed by atoms with Gasteiger partial charge in [-0.15, -0.1) is 23.1 Å². The topological polar surface area (TPSA) is 49.3 Å². The van der Waals surface area contributed by atoms with E-state index in [1.807, 2.05) is 17.5 Å². The molecule has 0 saturated heterocycles. The van der Waals surface area contributed by atoms with Gasteiger partial charge in [0.1, 0.15) is 0 Å². The standard InChI is InChI=1S/C13H21NO2S2/c1-10(2)7-13(3,16)9-14-11(15)8-18-12-5-4-6-17-12/h4-6,10,16H,7-9H2,1-3H3,(H,14,15). The van der Waals surface area contributed by atoms with Crippen molar-refractivity contribution >= 4 is 29.0 Å². The summed E-state index contributed by atoms with van der Waals surface area (Å²) in [5, 5.41) is 14.8. The SMILES string of the molecule is CC(C)CC(C)(O)CNC(=O)CSc1cccs1. The molecule has 1 aromatic heterocycles. The van der Waals surface area contributed by atoms with Crippen molar-refractivity contribution in [3.63, 3.8) is 0 Å². The van der Waals surface area contributed by atoms with E-state index in [2.05, 4.69) is 19.2 Å².